The van der Waals surface area contributed by atoms with E-state index in [9.17, 15) is 22.8 Å². The number of H-pyrrole nitrogens is 1. The van der Waals surface area contributed by atoms with Crippen LogP contribution in [0, 0.1) is 18.3 Å². The van der Waals surface area contributed by atoms with Gasteiger partial charge in [0.05, 0.1) is 30.1 Å². The van der Waals surface area contributed by atoms with Gasteiger partial charge in [0.2, 0.25) is 5.75 Å². The van der Waals surface area contributed by atoms with Gasteiger partial charge in [-0.2, -0.15) is 18.4 Å². The number of ether oxygens (including phenoxy) is 1. The summed E-state index contributed by atoms with van der Waals surface area (Å²) in [4.78, 5) is 35.5. The van der Waals surface area contributed by atoms with E-state index in [-0.39, 0.29) is 23.4 Å². The van der Waals surface area contributed by atoms with Gasteiger partial charge in [0.25, 0.3) is 11.1 Å². The Labute approximate surface area is 186 Å². The van der Waals surface area contributed by atoms with Crippen LogP contribution < -0.4 is 15.9 Å². The van der Waals surface area contributed by atoms with E-state index in [1.54, 1.807) is 6.92 Å². The molecule has 8 nitrogen and oxygen atoms in total. The number of aromatic amines is 1. The molecule has 172 valence electrons. The summed E-state index contributed by atoms with van der Waals surface area (Å²) in [5.74, 6) is -0.760. The average Bonchev–Trinajstić information content (AvgIpc) is 2.70. The highest BCUT2D eigenvalue weighted by Crippen LogP contribution is 2.34. The van der Waals surface area contributed by atoms with Crippen LogP contribution in [0.1, 0.15) is 49.0 Å². The molecule has 0 bridgehead atoms. The summed E-state index contributed by atoms with van der Waals surface area (Å²) < 4.78 is 46.7. The second-order valence-electron chi connectivity index (χ2n) is 8.44. The largest absolute Gasteiger partial charge is 0.449 e. The third kappa shape index (κ3) is 5.28. The number of aromatic nitrogens is 4. The van der Waals surface area contributed by atoms with E-state index in [4.69, 9.17) is 10.00 Å². The van der Waals surface area contributed by atoms with Crippen LogP contribution in [0.2, 0.25) is 0 Å². The minimum atomic E-state index is -4.97. The maximum Gasteiger partial charge on any atom is 0.437 e. The summed E-state index contributed by atoms with van der Waals surface area (Å²) >= 11 is 0. The van der Waals surface area contributed by atoms with Crippen molar-refractivity contribution in [1.82, 2.24) is 19.5 Å². The molecular weight excluding hydrogens is 439 g/mol. The van der Waals surface area contributed by atoms with Gasteiger partial charge in [0.15, 0.2) is 5.69 Å². The number of alkyl halides is 3. The predicted octanol–water partition coefficient (Wildman–Crippen LogP) is 3.66. The molecule has 0 fully saturated rings. The zero-order chi connectivity index (χ0) is 24.6. The van der Waals surface area contributed by atoms with Gasteiger partial charge in [0.1, 0.15) is 11.6 Å². The van der Waals surface area contributed by atoms with Crippen molar-refractivity contribution in [2.24, 2.45) is 0 Å². The standard InChI is InChI=1S/C22H20F3N5O3/c1-12-5-13(8-26)7-15(6-12)33-16-17(22(23,24)25)28-11-30(19(16)32)10-14-9-27-20(21(2,3)4)29-18(14)31/h5-7,9,11H,10H2,1-4H3,(H,27,29,31). The molecule has 0 radical (unpaired) electrons. The number of nitrogens with zero attached hydrogens (tertiary/aromatic N) is 4. The lowest BCUT2D eigenvalue weighted by Crippen LogP contribution is -2.30. The second kappa shape index (κ2) is 8.54. The molecule has 0 atom stereocenters. The molecule has 0 unspecified atom stereocenters. The van der Waals surface area contributed by atoms with E-state index >= 15 is 0 Å². The van der Waals surface area contributed by atoms with Crippen molar-refractivity contribution in [3.05, 3.63) is 79.6 Å². The van der Waals surface area contributed by atoms with Gasteiger partial charge in [-0.1, -0.05) is 20.8 Å². The summed E-state index contributed by atoms with van der Waals surface area (Å²) in [6.07, 6.45) is -3.00. The second-order valence-corrected chi connectivity index (χ2v) is 8.44. The predicted molar refractivity (Wildman–Crippen MR) is 112 cm³/mol. The first-order valence-corrected chi connectivity index (χ1v) is 9.74. The Bertz CT molecular complexity index is 1360. The van der Waals surface area contributed by atoms with Gasteiger partial charge in [-0.3, -0.25) is 14.2 Å². The van der Waals surface area contributed by atoms with Crippen LogP contribution in [0.15, 0.2) is 40.3 Å². The molecule has 0 amide bonds. The zero-order valence-corrected chi connectivity index (χ0v) is 18.2. The molecule has 3 aromatic rings. The number of halogens is 3. The third-order valence-electron chi connectivity index (χ3n) is 4.59. The van der Waals surface area contributed by atoms with Crippen molar-refractivity contribution >= 4 is 0 Å². The number of benzene rings is 1. The Morgan fingerprint density at radius 3 is 2.42 bits per heavy atom. The van der Waals surface area contributed by atoms with Crippen molar-refractivity contribution in [1.29, 1.82) is 5.26 Å². The quantitative estimate of drug-likeness (QED) is 0.637. The molecule has 1 N–H and O–H groups in total. The Morgan fingerprint density at radius 1 is 1.15 bits per heavy atom. The highest BCUT2D eigenvalue weighted by atomic mass is 19.4. The van der Waals surface area contributed by atoms with E-state index in [1.165, 1.54) is 24.4 Å². The van der Waals surface area contributed by atoms with E-state index < -0.39 is 34.2 Å². The minimum Gasteiger partial charge on any atom is -0.449 e. The van der Waals surface area contributed by atoms with Gasteiger partial charge in [-0.05, 0) is 30.7 Å². The molecule has 1 aromatic carbocycles. The van der Waals surface area contributed by atoms with Crippen LogP contribution in [0.3, 0.4) is 0 Å². The lowest BCUT2D eigenvalue weighted by Gasteiger charge is -2.17. The molecule has 0 saturated carbocycles. The summed E-state index contributed by atoms with van der Waals surface area (Å²) in [6.45, 7) is 6.80. The Hall–Kier alpha value is -3.94. The van der Waals surface area contributed by atoms with E-state index in [1.807, 2.05) is 26.8 Å². The molecule has 11 heteroatoms. The van der Waals surface area contributed by atoms with Gasteiger partial charge in [-0.15, -0.1) is 0 Å². The Balaban J connectivity index is 2.08. The fraction of sp³-hybridized carbons (Fsp3) is 0.318. The van der Waals surface area contributed by atoms with Crippen LogP contribution in [0.5, 0.6) is 11.5 Å². The fourth-order valence-electron chi connectivity index (χ4n) is 2.96. The van der Waals surface area contributed by atoms with Crippen molar-refractivity contribution in [3.8, 4) is 17.6 Å². The van der Waals surface area contributed by atoms with Crippen molar-refractivity contribution in [2.75, 3.05) is 0 Å². The topological polar surface area (TPSA) is 114 Å². The molecule has 0 saturated heterocycles. The van der Waals surface area contributed by atoms with E-state index in [0.717, 1.165) is 4.57 Å². The first-order valence-electron chi connectivity index (χ1n) is 9.74. The molecule has 0 spiro atoms. The highest BCUT2D eigenvalue weighted by molar-refractivity contribution is 5.43. The molecule has 0 aliphatic carbocycles. The number of nitrogens with one attached hydrogen (secondary N) is 1. The summed E-state index contributed by atoms with van der Waals surface area (Å²) in [5.41, 5.74) is -2.85. The highest BCUT2D eigenvalue weighted by Gasteiger charge is 2.38. The summed E-state index contributed by atoms with van der Waals surface area (Å²) in [5, 5.41) is 9.09. The molecule has 33 heavy (non-hydrogen) atoms. The lowest BCUT2D eigenvalue weighted by atomic mass is 9.96. The van der Waals surface area contributed by atoms with E-state index in [0.29, 0.717) is 17.7 Å². The van der Waals surface area contributed by atoms with Crippen LogP contribution in [-0.4, -0.2) is 19.5 Å². The number of aryl methyl sites for hydroxylation is 1. The molecule has 2 heterocycles. The minimum absolute atomic E-state index is 0.0555. The maximum atomic E-state index is 13.5. The normalized spacial score (nSPS) is 11.8. The fourth-order valence-corrected chi connectivity index (χ4v) is 2.96. The number of rotatable bonds is 4. The van der Waals surface area contributed by atoms with E-state index in [2.05, 4.69) is 15.0 Å². The smallest absolute Gasteiger partial charge is 0.437 e. The van der Waals surface area contributed by atoms with Crippen LogP contribution in [0.25, 0.3) is 0 Å². The number of hydrogen-bond donors (Lipinski definition) is 1. The summed E-state index contributed by atoms with van der Waals surface area (Å²) in [6, 6.07) is 5.98. The zero-order valence-electron chi connectivity index (χ0n) is 18.2. The van der Waals surface area contributed by atoms with Crippen LogP contribution >= 0.6 is 0 Å². The van der Waals surface area contributed by atoms with Gasteiger partial charge < -0.3 is 9.72 Å². The molecule has 0 aliphatic rings. The van der Waals surface area contributed by atoms with Crippen molar-refractivity contribution in [3.63, 3.8) is 0 Å². The van der Waals surface area contributed by atoms with Gasteiger partial charge in [0, 0.05) is 11.6 Å². The summed E-state index contributed by atoms with van der Waals surface area (Å²) in [7, 11) is 0. The number of hydrogen-bond acceptors (Lipinski definition) is 6. The van der Waals surface area contributed by atoms with Crippen LogP contribution in [0.4, 0.5) is 13.2 Å². The van der Waals surface area contributed by atoms with Gasteiger partial charge in [-0.25, -0.2) is 9.97 Å². The lowest BCUT2D eigenvalue weighted by molar-refractivity contribution is -0.142. The monoisotopic (exact) mass is 459 g/mol. The van der Waals surface area contributed by atoms with Crippen molar-refractivity contribution < 1.29 is 17.9 Å². The van der Waals surface area contributed by atoms with Crippen LogP contribution in [-0.2, 0) is 18.1 Å². The van der Waals surface area contributed by atoms with Gasteiger partial charge >= 0.3 is 6.18 Å². The average molecular weight is 459 g/mol. The first kappa shape index (κ1) is 23.7. The number of nitriles is 1. The maximum absolute atomic E-state index is 13.5. The first-order chi connectivity index (χ1) is 15.3. The third-order valence-corrected chi connectivity index (χ3v) is 4.59. The molecule has 3 rings (SSSR count). The molecule has 0 aliphatic heterocycles. The Kier molecular flexibility index (Phi) is 6.14. The molecule has 2 aromatic heterocycles. The van der Waals surface area contributed by atoms with Crippen molar-refractivity contribution in [2.45, 2.75) is 45.8 Å². The molecular formula is C22H20F3N5O3. The Morgan fingerprint density at radius 2 is 1.85 bits per heavy atom. The SMILES string of the molecule is Cc1cc(C#N)cc(Oc2c(C(F)(F)F)ncn(Cc3cnc(C(C)(C)C)[nH]c3=O)c2=O)c1.